The van der Waals surface area contributed by atoms with E-state index in [1.807, 2.05) is 31.2 Å². The van der Waals surface area contributed by atoms with Gasteiger partial charge in [0.1, 0.15) is 11.5 Å². The summed E-state index contributed by atoms with van der Waals surface area (Å²) in [6.45, 7) is 8.89. The van der Waals surface area contributed by atoms with E-state index in [0.29, 0.717) is 12.6 Å². The van der Waals surface area contributed by atoms with Crippen LogP contribution >= 0.6 is 0 Å². The van der Waals surface area contributed by atoms with E-state index < -0.39 is 0 Å². The fourth-order valence-corrected chi connectivity index (χ4v) is 1.81. The zero-order valence-electron chi connectivity index (χ0n) is 12.4. The molecule has 0 aliphatic heterocycles. The summed E-state index contributed by atoms with van der Waals surface area (Å²) in [6, 6.07) is 8.42. The van der Waals surface area contributed by atoms with Gasteiger partial charge in [-0.3, -0.25) is 0 Å². The van der Waals surface area contributed by atoms with Crippen molar-refractivity contribution in [1.29, 1.82) is 0 Å². The molecule has 0 aliphatic rings. The van der Waals surface area contributed by atoms with Crippen molar-refractivity contribution in [3.63, 3.8) is 0 Å². The van der Waals surface area contributed by atoms with Crippen LogP contribution in [0.4, 0.5) is 0 Å². The van der Waals surface area contributed by atoms with Crippen molar-refractivity contribution >= 4 is 0 Å². The van der Waals surface area contributed by atoms with Gasteiger partial charge in [-0.05, 0) is 44.9 Å². The van der Waals surface area contributed by atoms with E-state index in [9.17, 15) is 0 Å². The maximum Gasteiger partial charge on any atom is 0.122 e. The summed E-state index contributed by atoms with van der Waals surface area (Å²) in [5.41, 5.74) is 0. The Morgan fingerprint density at radius 3 is 2.47 bits per heavy atom. The van der Waals surface area contributed by atoms with E-state index in [-0.39, 0.29) is 0 Å². The van der Waals surface area contributed by atoms with E-state index in [1.54, 1.807) is 0 Å². The van der Waals surface area contributed by atoms with Crippen molar-refractivity contribution in [2.45, 2.75) is 46.1 Å². The molecular weight excluding hydrogens is 238 g/mol. The lowest BCUT2D eigenvalue weighted by Crippen LogP contribution is -2.23. The monoisotopic (exact) mass is 265 g/mol. The minimum Gasteiger partial charge on any atom is -0.494 e. The van der Waals surface area contributed by atoms with Crippen molar-refractivity contribution < 1.29 is 9.47 Å². The van der Waals surface area contributed by atoms with Gasteiger partial charge in [-0.2, -0.15) is 0 Å². The second-order valence-electron chi connectivity index (χ2n) is 4.93. The number of nitrogens with one attached hydrogen (secondary N) is 1. The maximum absolute atomic E-state index is 5.72. The molecule has 1 aromatic rings. The Hall–Kier alpha value is -1.22. The van der Waals surface area contributed by atoms with Crippen LogP contribution in [0.2, 0.25) is 0 Å². The minimum atomic E-state index is 0.581. The zero-order valence-corrected chi connectivity index (χ0v) is 12.4. The summed E-state index contributed by atoms with van der Waals surface area (Å²) in [5.74, 6) is 1.77. The zero-order chi connectivity index (χ0) is 13.9. The van der Waals surface area contributed by atoms with Crippen LogP contribution in [-0.2, 0) is 0 Å². The summed E-state index contributed by atoms with van der Waals surface area (Å²) in [4.78, 5) is 0. The van der Waals surface area contributed by atoms with Crippen LogP contribution in [0.3, 0.4) is 0 Å². The lowest BCUT2D eigenvalue weighted by Gasteiger charge is -2.09. The number of ether oxygens (including phenoxy) is 2. The summed E-state index contributed by atoms with van der Waals surface area (Å²) < 4.78 is 11.2. The highest BCUT2D eigenvalue weighted by Crippen LogP contribution is 2.19. The molecule has 0 bridgehead atoms. The molecule has 0 aliphatic carbocycles. The molecule has 0 saturated heterocycles. The molecule has 0 fully saturated rings. The lowest BCUT2D eigenvalue weighted by atomic mass is 10.2. The van der Waals surface area contributed by atoms with Crippen LogP contribution in [0.15, 0.2) is 24.3 Å². The predicted molar refractivity (Wildman–Crippen MR) is 80.1 cm³/mol. The van der Waals surface area contributed by atoms with E-state index in [1.165, 1.54) is 12.8 Å². The van der Waals surface area contributed by atoms with Gasteiger partial charge in [0.25, 0.3) is 0 Å². The number of hydrogen-bond donors (Lipinski definition) is 1. The third-order valence-electron chi connectivity index (χ3n) is 2.76. The Kier molecular flexibility index (Phi) is 8.07. The quantitative estimate of drug-likeness (QED) is 0.655. The first-order chi connectivity index (χ1) is 9.22. The molecule has 0 spiro atoms. The Labute approximate surface area is 117 Å². The first-order valence-corrected chi connectivity index (χ1v) is 7.31. The summed E-state index contributed by atoms with van der Waals surface area (Å²) in [6.07, 6.45) is 3.50. The van der Waals surface area contributed by atoms with E-state index in [0.717, 1.165) is 31.1 Å². The highest BCUT2D eigenvalue weighted by atomic mass is 16.5. The second-order valence-corrected chi connectivity index (χ2v) is 4.93. The standard InChI is InChI=1S/C16H27NO2/c1-4-18-15-9-8-10-16(13-15)19-12-7-5-6-11-17-14(2)3/h8-10,13-14,17H,4-7,11-12H2,1-3H3. The summed E-state index contributed by atoms with van der Waals surface area (Å²) in [7, 11) is 0. The Morgan fingerprint density at radius 2 is 1.79 bits per heavy atom. The van der Waals surface area contributed by atoms with Gasteiger partial charge in [-0.25, -0.2) is 0 Å². The van der Waals surface area contributed by atoms with Gasteiger partial charge in [0, 0.05) is 12.1 Å². The Morgan fingerprint density at radius 1 is 1.05 bits per heavy atom. The first-order valence-electron chi connectivity index (χ1n) is 7.31. The van der Waals surface area contributed by atoms with Crippen LogP contribution in [0.5, 0.6) is 11.5 Å². The number of unbranched alkanes of at least 4 members (excludes halogenated alkanes) is 2. The fourth-order valence-electron chi connectivity index (χ4n) is 1.81. The van der Waals surface area contributed by atoms with E-state index >= 15 is 0 Å². The smallest absolute Gasteiger partial charge is 0.122 e. The van der Waals surface area contributed by atoms with Crippen LogP contribution < -0.4 is 14.8 Å². The average molecular weight is 265 g/mol. The third-order valence-corrected chi connectivity index (χ3v) is 2.76. The SMILES string of the molecule is CCOc1cccc(OCCCCCNC(C)C)c1. The van der Waals surface area contributed by atoms with Gasteiger partial charge in [-0.1, -0.05) is 19.9 Å². The van der Waals surface area contributed by atoms with Crippen molar-refractivity contribution in [3.05, 3.63) is 24.3 Å². The van der Waals surface area contributed by atoms with Gasteiger partial charge < -0.3 is 14.8 Å². The minimum absolute atomic E-state index is 0.581. The van der Waals surface area contributed by atoms with Crippen molar-refractivity contribution in [3.8, 4) is 11.5 Å². The second kappa shape index (κ2) is 9.68. The molecule has 0 heterocycles. The molecule has 0 unspecified atom stereocenters. The molecule has 0 saturated carbocycles. The van der Waals surface area contributed by atoms with E-state index in [2.05, 4.69) is 19.2 Å². The predicted octanol–water partition coefficient (Wildman–Crippen LogP) is 3.63. The highest BCUT2D eigenvalue weighted by Gasteiger charge is 1.97. The van der Waals surface area contributed by atoms with E-state index in [4.69, 9.17) is 9.47 Å². The number of hydrogen-bond acceptors (Lipinski definition) is 3. The molecule has 1 N–H and O–H groups in total. The van der Waals surface area contributed by atoms with Crippen molar-refractivity contribution in [1.82, 2.24) is 5.32 Å². The van der Waals surface area contributed by atoms with Gasteiger partial charge in [-0.15, -0.1) is 0 Å². The van der Waals surface area contributed by atoms with Gasteiger partial charge in [0.15, 0.2) is 0 Å². The first kappa shape index (κ1) is 15.8. The fraction of sp³-hybridized carbons (Fsp3) is 0.625. The summed E-state index contributed by atoms with van der Waals surface area (Å²) in [5, 5.41) is 3.42. The number of rotatable bonds is 10. The largest absolute Gasteiger partial charge is 0.494 e. The lowest BCUT2D eigenvalue weighted by molar-refractivity contribution is 0.299. The molecular formula is C16H27NO2. The Balaban J connectivity index is 2.10. The molecule has 0 aromatic heterocycles. The maximum atomic E-state index is 5.72. The molecule has 0 amide bonds. The topological polar surface area (TPSA) is 30.5 Å². The van der Waals surface area contributed by atoms with Crippen LogP contribution in [-0.4, -0.2) is 25.8 Å². The molecule has 19 heavy (non-hydrogen) atoms. The molecule has 1 rings (SSSR count). The van der Waals surface area contributed by atoms with Gasteiger partial charge >= 0.3 is 0 Å². The molecule has 3 heteroatoms. The average Bonchev–Trinajstić information content (AvgIpc) is 2.38. The van der Waals surface area contributed by atoms with Gasteiger partial charge in [0.2, 0.25) is 0 Å². The van der Waals surface area contributed by atoms with Crippen LogP contribution in [0.1, 0.15) is 40.0 Å². The normalized spacial score (nSPS) is 10.7. The van der Waals surface area contributed by atoms with Crippen molar-refractivity contribution in [2.75, 3.05) is 19.8 Å². The summed E-state index contributed by atoms with van der Waals surface area (Å²) >= 11 is 0. The molecule has 108 valence electrons. The van der Waals surface area contributed by atoms with Crippen LogP contribution in [0.25, 0.3) is 0 Å². The molecule has 0 radical (unpaired) electrons. The Bertz CT molecular complexity index is 339. The third kappa shape index (κ3) is 7.73. The van der Waals surface area contributed by atoms with Crippen LogP contribution in [0, 0.1) is 0 Å². The molecule has 3 nitrogen and oxygen atoms in total. The molecule has 1 aromatic carbocycles. The van der Waals surface area contributed by atoms with Gasteiger partial charge in [0.05, 0.1) is 13.2 Å². The highest BCUT2D eigenvalue weighted by molar-refractivity contribution is 5.32. The van der Waals surface area contributed by atoms with Crippen molar-refractivity contribution in [2.24, 2.45) is 0 Å². The molecule has 0 atom stereocenters. The number of benzene rings is 1.